The van der Waals surface area contributed by atoms with Gasteiger partial charge >= 0.3 is 5.69 Å². The van der Waals surface area contributed by atoms with Crippen LogP contribution in [0.5, 0.6) is 0 Å². The van der Waals surface area contributed by atoms with Gasteiger partial charge in [-0.3, -0.25) is 0 Å². The average Bonchev–Trinajstić information content (AvgIpc) is 3.01. The maximum atomic E-state index is 12.2. The second-order valence-electron chi connectivity index (χ2n) is 6.05. The Balaban J connectivity index is 2.27. The molecule has 28 heavy (non-hydrogen) atoms. The lowest BCUT2D eigenvalue weighted by molar-refractivity contribution is 0.214. The summed E-state index contributed by atoms with van der Waals surface area (Å²) < 4.78 is 8.28. The molecule has 0 atom stereocenters. The third-order valence-corrected chi connectivity index (χ3v) is 4.08. The van der Waals surface area contributed by atoms with Crippen LogP contribution in [0.2, 0.25) is 0 Å². The molecule has 0 spiro atoms. The normalized spacial score (nSPS) is 13.0. The van der Waals surface area contributed by atoms with Crippen LogP contribution in [-0.2, 0) is 23.2 Å². The fourth-order valence-corrected chi connectivity index (χ4v) is 2.30. The Labute approximate surface area is 163 Å². The van der Waals surface area contributed by atoms with Gasteiger partial charge < -0.3 is 9.57 Å². The lowest BCUT2D eigenvalue weighted by Gasteiger charge is -2.13. The van der Waals surface area contributed by atoms with Gasteiger partial charge in [-0.05, 0) is 42.8 Å². The van der Waals surface area contributed by atoms with Crippen molar-refractivity contribution in [1.82, 2.24) is 19.8 Å². The fraction of sp³-hybridized carbons (Fsp3) is 0.444. The molecule has 1 aromatic carbocycles. The molecule has 1 heterocycles. The highest BCUT2D eigenvalue weighted by atomic mass is 16.6. The molecule has 0 unspecified atom stereocenters. The third kappa shape index (κ3) is 4.90. The highest BCUT2D eigenvalue weighted by Crippen LogP contribution is 2.18. The molecular formula is C18H25N7O3. The van der Waals surface area contributed by atoms with Crippen LogP contribution in [0, 0.1) is 6.92 Å². The topological polar surface area (TPSA) is 108 Å². The van der Waals surface area contributed by atoms with E-state index in [0.29, 0.717) is 29.4 Å². The van der Waals surface area contributed by atoms with Gasteiger partial charge in [-0.15, -0.1) is 5.10 Å². The van der Waals surface area contributed by atoms with Gasteiger partial charge in [-0.1, -0.05) is 24.2 Å². The summed E-state index contributed by atoms with van der Waals surface area (Å²) in [5, 5.41) is 19.8. The molecule has 10 heteroatoms. The molecule has 0 N–H and O–H groups in total. The minimum Gasteiger partial charge on any atom is -0.475 e. The standard InChI is InChI=1S/C18H25N7O3/c1-7-17(20-19-13(3)14(4)21-27-6)28-11-15-12(2)9-8-10-16(15)25-18(26)24(5)22-23-25/h8-10H,7,11H2,1-6H3/b19-13+,20-17-,21-14+. The van der Waals surface area contributed by atoms with E-state index in [1.165, 1.54) is 16.5 Å². The number of benzene rings is 1. The Bertz CT molecular complexity index is 970. The van der Waals surface area contributed by atoms with Gasteiger partial charge in [0, 0.05) is 19.0 Å². The van der Waals surface area contributed by atoms with Gasteiger partial charge in [0.05, 0.1) is 17.1 Å². The van der Waals surface area contributed by atoms with Crippen molar-refractivity contribution >= 4 is 17.3 Å². The van der Waals surface area contributed by atoms with E-state index in [0.717, 1.165) is 11.1 Å². The van der Waals surface area contributed by atoms with E-state index in [2.05, 4.69) is 25.8 Å². The molecule has 0 saturated heterocycles. The lowest BCUT2D eigenvalue weighted by atomic mass is 10.1. The molecule has 0 bridgehead atoms. The maximum absolute atomic E-state index is 12.2. The Kier molecular flexibility index (Phi) is 7.19. The number of hydrogen-bond donors (Lipinski definition) is 0. The Morgan fingerprint density at radius 1 is 1.18 bits per heavy atom. The molecular weight excluding hydrogens is 362 g/mol. The first-order valence-corrected chi connectivity index (χ1v) is 8.78. The van der Waals surface area contributed by atoms with Crippen molar-refractivity contribution in [3.8, 4) is 5.69 Å². The molecule has 0 radical (unpaired) electrons. The van der Waals surface area contributed by atoms with Crippen LogP contribution in [-0.4, -0.2) is 44.2 Å². The second-order valence-corrected chi connectivity index (χ2v) is 6.05. The van der Waals surface area contributed by atoms with Crippen molar-refractivity contribution in [2.45, 2.75) is 40.7 Å². The molecule has 0 saturated carbocycles. The van der Waals surface area contributed by atoms with Gasteiger partial charge in [0.25, 0.3) is 0 Å². The van der Waals surface area contributed by atoms with E-state index in [4.69, 9.17) is 9.57 Å². The van der Waals surface area contributed by atoms with Crippen LogP contribution in [0.25, 0.3) is 5.69 Å². The quantitative estimate of drug-likeness (QED) is 0.410. The van der Waals surface area contributed by atoms with Gasteiger partial charge in [0.1, 0.15) is 13.7 Å². The van der Waals surface area contributed by atoms with Gasteiger partial charge in [-0.25, -0.2) is 4.79 Å². The van der Waals surface area contributed by atoms with Crippen molar-refractivity contribution < 1.29 is 9.57 Å². The van der Waals surface area contributed by atoms with Crippen molar-refractivity contribution in [3.63, 3.8) is 0 Å². The van der Waals surface area contributed by atoms with E-state index >= 15 is 0 Å². The van der Waals surface area contributed by atoms with E-state index in [1.807, 2.05) is 26.0 Å². The summed E-state index contributed by atoms with van der Waals surface area (Å²) in [6.45, 7) is 7.65. The summed E-state index contributed by atoms with van der Waals surface area (Å²) in [5.41, 5.74) is 3.34. The number of aryl methyl sites for hydroxylation is 2. The molecule has 1 aromatic heterocycles. The summed E-state index contributed by atoms with van der Waals surface area (Å²) in [7, 11) is 3.03. The smallest absolute Gasteiger partial charge is 0.368 e. The SMILES string of the molecule is CC/C(=N/N=C(C)/C(C)=N/OC)OCc1c(C)cccc1-n1nnn(C)c1=O. The van der Waals surface area contributed by atoms with Crippen LogP contribution in [0.4, 0.5) is 0 Å². The van der Waals surface area contributed by atoms with Crippen molar-refractivity contribution in [2.75, 3.05) is 7.11 Å². The van der Waals surface area contributed by atoms with Crippen LogP contribution in [0.3, 0.4) is 0 Å². The minimum atomic E-state index is -0.329. The first-order chi connectivity index (χ1) is 13.4. The van der Waals surface area contributed by atoms with E-state index in [1.54, 1.807) is 27.0 Å². The number of oxime groups is 1. The number of rotatable bonds is 7. The van der Waals surface area contributed by atoms with Crippen LogP contribution < -0.4 is 5.69 Å². The van der Waals surface area contributed by atoms with Gasteiger partial charge in [0.15, 0.2) is 0 Å². The molecule has 0 aliphatic heterocycles. The summed E-state index contributed by atoms with van der Waals surface area (Å²) in [5.74, 6) is 0.463. The monoisotopic (exact) mass is 387 g/mol. The van der Waals surface area contributed by atoms with Crippen LogP contribution >= 0.6 is 0 Å². The number of aromatic nitrogens is 4. The zero-order chi connectivity index (χ0) is 20.7. The lowest BCUT2D eigenvalue weighted by Crippen LogP contribution is -2.23. The molecule has 0 amide bonds. The molecule has 0 aliphatic rings. The number of hydrogen-bond acceptors (Lipinski definition) is 8. The van der Waals surface area contributed by atoms with Crippen LogP contribution in [0.15, 0.2) is 38.4 Å². The fourth-order valence-electron chi connectivity index (χ4n) is 2.30. The predicted octanol–water partition coefficient (Wildman–Crippen LogP) is 2.00. The molecule has 0 fully saturated rings. The third-order valence-electron chi connectivity index (χ3n) is 4.08. The zero-order valence-corrected chi connectivity index (χ0v) is 17.0. The number of nitrogens with zero attached hydrogens (tertiary/aromatic N) is 7. The summed E-state index contributed by atoms with van der Waals surface area (Å²) in [6.07, 6.45) is 0.559. The molecule has 0 aliphatic carbocycles. The van der Waals surface area contributed by atoms with Crippen LogP contribution in [0.1, 0.15) is 38.3 Å². The first-order valence-electron chi connectivity index (χ1n) is 8.78. The average molecular weight is 387 g/mol. The highest BCUT2D eigenvalue weighted by molar-refractivity contribution is 6.40. The van der Waals surface area contributed by atoms with E-state index in [9.17, 15) is 4.79 Å². The highest BCUT2D eigenvalue weighted by Gasteiger charge is 2.14. The Morgan fingerprint density at radius 3 is 2.54 bits per heavy atom. The maximum Gasteiger partial charge on any atom is 0.368 e. The molecule has 2 aromatic rings. The van der Waals surface area contributed by atoms with Gasteiger partial charge in [-0.2, -0.15) is 14.5 Å². The van der Waals surface area contributed by atoms with Gasteiger partial charge in [0.2, 0.25) is 5.90 Å². The Hall–Kier alpha value is -3.30. The number of ether oxygens (including phenoxy) is 1. The predicted molar refractivity (Wildman–Crippen MR) is 107 cm³/mol. The van der Waals surface area contributed by atoms with E-state index in [-0.39, 0.29) is 12.3 Å². The minimum absolute atomic E-state index is 0.220. The Morgan fingerprint density at radius 2 is 1.93 bits per heavy atom. The van der Waals surface area contributed by atoms with Crippen molar-refractivity contribution in [2.24, 2.45) is 22.4 Å². The zero-order valence-electron chi connectivity index (χ0n) is 17.0. The summed E-state index contributed by atoms with van der Waals surface area (Å²) in [4.78, 5) is 16.9. The molecule has 150 valence electrons. The van der Waals surface area contributed by atoms with Crippen molar-refractivity contribution in [3.05, 3.63) is 39.8 Å². The summed E-state index contributed by atoms with van der Waals surface area (Å²) >= 11 is 0. The number of tetrazole rings is 1. The van der Waals surface area contributed by atoms with Crippen molar-refractivity contribution in [1.29, 1.82) is 0 Å². The summed E-state index contributed by atoms with van der Waals surface area (Å²) in [6, 6.07) is 5.60. The van der Waals surface area contributed by atoms with E-state index < -0.39 is 0 Å². The molecule has 2 rings (SSSR count). The second kappa shape index (κ2) is 9.58. The first kappa shape index (κ1) is 21.0. The molecule has 10 nitrogen and oxygen atoms in total. The largest absolute Gasteiger partial charge is 0.475 e.